The van der Waals surface area contributed by atoms with Crippen molar-refractivity contribution in [2.24, 2.45) is 0 Å². The summed E-state index contributed by atoms with van der Waals surface area (Å²) in [6.07, 6.45) is 4.83. The first-order chi connectivity index (χ1) is 14.6. The zero-order chi connectivity index (χ0) is 21.0. The van der Waals surface area contributed by atoms with Crippen LogP contribution in [0.3, 0.4) is 0 Å². The van der Waals surface area contributed by atoms with Crippen LogP contribution in [0.5, 0.6) is 0 Å². The van der Waals surface area contributed by atoms with E-state index in [9.17, 15) is 9.18 Å². The number of tetrazole rings is 1. The summed E-state index contributed by atoms with van der Waals surface area (Å²) >= 11 is 0. The number of nitrogens with zero attached hydrogens (tertiary/aromatic N) is 4. The minimum Gasteiger partial charge on any atom is -0.353 e. The summed E-state index contributed by atoms with van der Waals surface area (Å²) in [6, 6.07) is 16.0. The Bertz CT molecular complexity index is 980. The van der Waals surface area contributed by atoms with Gasteiger partial charge in [0.2, 0.25) is 5.91 Å². The quantitative estimate of drug-likeness (QED) is 0.650. The van der Waals surface area contributed by atoms with E-state index in [1.54, 1.807) is 23.7 Å². The second kappa shape index (κ2) is 8.73. The van der Waals surface area contributed by atoms with E-state index in [0.717, 1.165) is 31.2 Å². The number of carbonyl (C=O) groups excluding carboxylic acids is 1. The van der Waals surface area contributed by atoms with Crippen molar-refractivity contribution in [3.63, 3.8) is 0 Å². The molecule has 1 aliphatic carbocycles. The summed E-state index contributed by atoms with van der Waals surface area (Å²) < 4.78 is 14.8. The number of hydrogen-bond donors (Lipinski definition) is 1. The molecule has 6 nitrogen and oxygen atoms in total. The van der Waals surface area contributed by atoms with Crippen LogP contribution in [0, 0.1) is 12.7 Å². The molecule has 1 N–H and O–H groups in total. The second-order valence-electron chi connectivity index (χ2n) is 8.09. The van der Waals surface area contributed by atoms with Crippen LogP contribution in [0.15, 0.2) is 54.6 Å². The first-order valence-electron chi connectivity index (χ1n) is 10.4. The molecule has 30 heavy (non-hydrogen) atoms. The van der Waals surface area contributed by atoms with E-state index in [4.69, 9.17) is 0 Å². The SMILES string of the molecule is Cc1nnnn1C(Cc1ccc(F)cc1)C(=O)NCC1(c2ccccc2)CCCC1. The van der Waals surface area contributed by atoms with Gasteiger partial charge in [0.25, 0.3) is 0 Å². The molecule has 1 atom stereocenters. The van der Waals surface area contributed by atoms with Crippen LogP contribution in [0.1, 0.15) is 48.7 Å². The van der Waals surface area contributed by atoms with Crippen molar-refractivity contribution >= 4 is 5.91 Å². The standard InChI is InChI=1S/C23H26FN5O/c1-17-26-27-28-29(17)21(15-18-9-11-20(24)12-10-18)22(30)25-16-23(13-5-6-14-23)19-7-3-2-4-8-19/h2-4,7-12,21H,5-6,13-16H2,1H3,(H,25,30). The Morgan fingerprint density at radius 3 is 2.47 bits per heavy atom. The van der Waals surface area contributed by atoms with Gasteiger partial charge in [0.15, 0.2) is 0 Å². The van der Waals surface area contributed by atoms with Gasteiger partial charge in [-0.1, -0.05) is 55.3 Å². The predicted molar refractivity (Wildman–Crippen MR) is 111 cm³/mol. The topological polar surface area (TPSA) is 72.7 Å². The van der Waals surface area contributed by atoms with Crippen LogP contribution in [0.2, 0.25) is 0 Å². The molecule has 7 heteroatoms. The van der Waals surface area contributed by atoms with Gasteiger partial charge < -0.3 is 5.32 Å². The van der Waals surface area contributed by atoms with Crippen LogP contribution >= 0.6 is 0 Å². The number of hydrogen-bond acceptors (Lipinski definition) is 4. The molecule has 0 radical (unpaired) electrons. The largest absolute Gasteiger partial charge is 0.353 e. The lowest BCUT2D eigenvalue weighted by Gasteiger charge is -2.31. The molecule has 3 aromatic rings. The highest BCUT2D eigenvalue weighted by atomic mass is 19.1. The smallest absolute Gasteiger partial charge is 0.245 e. The summed E-state index contributed by atoms with van der Waals surface area (Å²) in [4.78, 5) is 13.3. The van der Waals surface area contributed by atoms with Crippen molar-refractivity contribution in [3.05, 3.63) is 77.4 Å². The Kier molecular flexibility index (Phi) is 5.88. The molecule has 4 rings (SSSR count). The highest BCUT2D eigenvalue weighted by Gasteiger charge is 2.36. The van der Waals surface area contributed by atoms with Gasteiger partial charge in [-0.3, -0.25) is 4.79 Å². The molecule has 1 fully saturated rings. The van der Waals surface area contributed by atoms with E-state index >= 15 is 0 Å². The van der Waals surface area contributed by atoms with Crippen molar-refractivity contribution in [3.8, 4) is 0 Å². The van der Waals surface area contributed by atoms with Gasteiger partial charge in [0.1, 0.15) is 17.7 Å². The number of nitrogens with one attached hydrogen (secondary N) is 1. The maximum absolute atomic E-state index is 13.3. The Morgan fingerprint density at radius 1 is 1.13 bits per heavy atom. The van der Waals surface area contributed by atoms with E-state index in [2.05, 4.69) is 45.1 Å². The predicted octanol–water partition coefficient (Wildman–Crippen LogP) is 3.53. The molecule has 0 spiro atoms. The maximum Gasteiger partial charge on any atom is 0.245 e. The molecule has 1 heterocycles. The molecule has 1 amide bonds. The second-order valence-corrected chi connectivity index (χ2v) is 8.09. The molecule has 2 aromatic carbocycles. The molecule has 0 saturated heterocycles. The van der Waals surface area contributed by atoms with Gasteiger partial charge in [-0.25, -0.2) is 9.07 Å². The molecular weight excluding hydrogens is 381 g/mol. The number of halogens is 1. The average Bonchev–Trinajstić information content (AvgIpc) is 3.42. The summed E-state index contributed by atoms with van der Waals surface area (Å²) in [6.45, 7) is 2.35. The number of amides is 1. The monoisotopic (exact) mass is 407 g/mol. The molecule has 1 unspecified atom stereocenters. The fraction of sp³-hybridized carbons (Fsp3) is 0.391. The van der Waals surface area contributed by atoms with Crippen molar-refractivity contribution in [1.29, 1.82) is 0 Å². The Balaban J connectivity index is 1.54. The van der Waals surface area contributed by atoms with E-state index in [1.807, 2.05) is 6.07 Å². The molecule has 1 saturated carbocycles. The van der Waals surface area contributed by atoms with Gasteiger partial charge in [0, 0.05) is 18.4 Å². The third-order valence-corrected chi connectivity index (χ3v) is 6.15. The van der Waals surface area contributed by atoms with Crippen LogP contribution in [0.25, 0.3) is 0 Å². The number of carbonyl (C=O) groups is 1. The molecule has 1 aliphatic rings. The molecule has 0 aliphatic heterocycles. The van der Waals surface area contributed by atoms with E-state index in [1.165, 1.54) is 17.7 Å². The fourth-order valence-corrected chi connectivity index (χ4v) is 4.45. The van der Waals surface area contributed by atoms with E-state index in [-0.39, 0.29) is 17.1 Å². The average molecular weight is 407 g/mol. The number of aromatic nitrogens is 4. The van der Waals surface area contributed by atoms with Crippen LogP contribution in [-0.2, 0) is 16.6 Å². The van der Waals surface area contributed by atoms with Crippen LogP contribution in [-0.4, -0.2) is 32.7 Å². The third kappa shape index (κ3) is 4.25. The van der Waals surface area contributed by atoms with E-state index < -0.39 is 6.04 Å². The Hall–Kier alpha value is -3.09. The zero-order valence-corrected chi connectivity index (χ0v) is 17.1. The molecule has 156 valence electrons. The van der Waals surface area contributed by atoms with Gasteiger partial charge in [-0.05, 0) is 53.5 Å². The van der Waals surface area contributed by atoms with Crippen molar-refractivity contribution in [2.45, 2.75) is 50.5 Å². The minimum absolute atomic E-state index is 0.0347. The minimum atomic E-state index is -0.598. The van der Waals surface area contributed by atoms with Gasteiger partial charge in [-0.2, -0.15) is 0 Å². The summed E-state index contributed by atoms with van der Waals surface area (Å²) in [5.41, 5.74) is 2.09. The van der Waals surface area contributed by atoms with Crippen molar-refractivity contribution in [1.82, 2.24) is 25.5 Å². The molecule has 1 aromatic heterocycles. The van der Waals surface area contributed by atoms with Crippen LogP contribution in [0.4, 0.5) is 4.39 Å². The highest BCUT2D eigenvalue weighted by molar-refractivity contribution is 5.80. The maximum atomic E-state index is 13.3. The lowest BCUT2D eigenvalue weighted by atomic mass is 9.79. The summed E-state index contributed by atoms with van der Waals surface area (Å²) in [5, 5.41) is 14.8. The third-order valence-electron chi connectivity index (χ3n) is 6.15. The lowest BCUT2D eigenvalue weighted by Crippen LogP contribution is -2.43. The Labute approximate surface area is 175 Å². The fourth-order valence-electron chi connectivity index (χ4n) is 4.45. The first-order valence-corrected chi connectivity index (χ1v) is 10.4. The molecule has 0 bridgehead atoms. The first kappa shape index (κ1) is 20.2. The highest BCUT2D eigenvalue weighted by Crippen LogP contribution is 2.40. The number of benzene rings is 2. The normalized spacial score (nSPS) is 16.3. The summed E-state index contributed by atoms with van der Waals surface area (Å²) in [5.74, 6) is 0.136. The number of rotatable bonds is 7. The van der Waals surface area contributed by atoms with Crippen LogP contribution < -0.4 is 5.32 Å². The van der Waals surface area contributed by atoms with Gasteiger partial charge in [0.05, 0.1) is 0 Å². The lowest BCUT2D eigenvalue weighted by molar-refractivity contribution is -0.125. The van der Waals surface area contributed by atoms with Crippen molar-refractivity contribution in [2.75, 3.05) is 6.54 Å². The summed E-state index contributed by atoms with van der Waals surface area (Å²) in [7, 11) is 0. The van der Waals surface area contributed by atoms with Gasteiger partial charge in [-0.15, -0.1) is 5.10 Å². The molecular formula is C23H26FN5O. The van der Waals surface area contributed by atoms with Crippen molar-refractivity contribution < 1.29 is 9.18 Å². The zero-order valence-electron chi connectivity index (χ0n) is 17.1. The number of aryl methyl sites for hydroxylation is 1. The Morgan fingerprint density at radius 2 is 1.83 bits per heavy atom. The van der Waals surface area contributed by atoms with Gasteiger partial charge >= 0.3 is 0 Å². The van der Waals surface area contributed by atoms with E-state index in [0.29, 0.717) is 18.8 Å².